The number of hydrogen-bond donors (Lipinski definition) is 2. The lowest BCUT2D eigenvalue weighted by Crippen LogP contribution is -2.48. The predicted octanol–water partition coefficient (Wildman–Crippen LogP) is 5.36. The number of carbonyl (C=O) groups excluding carboxylic acids is 2. The second kappa shape index (κ2) is 16.4. The zero-order valence-corrected chi connectivity index (χ0v) is 28.7. The SMILES string of the molecule is Cc1ccc(S(=O)(=O)N(C)C[C@H]2OCCCC[C@@H](C)Oc3ccc(NC(=O)c4ccccc4)cc3C(=O)N([C@@H](C)CO)C[C@@H]2C)cc1. The molecule has 2 amide bonds. The first-order valence-electron chi connectivity index (χ1n) is 16.1. The molecule has 1 aliphatic rings. The number of aliphatic hydroxyl groups is 1. The highest BCUT2D eigenvalue weighted by molar-refractivity contribution is 7.89. The number of likely N-dealkylation sites (N-methyl/N-ethyl adjacent to an activating group) is 1. The maximum Gasteiger partial charge on any atom is 0.258 e. The summed E-state index contributed by atoms with van der Waals surface area (Å²) in [6.45, 7) is 7.91. The van der Waals surface area contributed by atoms with E-state index in [-0.39, 0.29) is 54.0 Å². The minimum Gasteiger partial charge on any atom is -0.490 e. The van der Waals surface area contributed by atoms with Gasteiger partial charge in [-0.05, 0) is 82.5 Å². The summed E-state index contributed by atoms with van der Waals surface area (Å²) in [7, 11) is -2.25. The van der Waals surface area contributed by atoms with Crippen molar-refractivity contribution in [1.29, 1.82) is 0 Å². The molecule has 254 valence electrons. The molecule has 0 unspecified atom stereocenters. The van der Waals surface area contributed by atoms with Crippen LogP contribution in [0.25, 0.3) is 0 Å². The highest BCUT2D eigenvalue weighted by Crippen LogP contribution is 2.29. The van der Waals surface area contributed by atoms with Crippen molar-refractivity contribution in [2.45, 2.75) is 70.1 Å². The molecule has 0 spiro atoms. The van der Waals surface area contributed by atoms with Gasteiger partial charge in [-0.1, -0.05) is 42.8 Å². The first-order chi connectivity index (χ1) is 22.4. The Labute approximate surface area is 278 Å². The van der Waals surface area contributed by atoms with Crippen molar-refractivity contribution in [2.24, 2.45) is 5.92 Å². The maximum absolute atomic E-state index is 14.3. The number of ether oxygens (including phenoxy) is 2. The Morgan fingerprint density at radius 1 is 1.06 bits per heavy atom. The van der Waals surface area contributed by atoms with Crippen molar-refractivity contribution in [3.05, 3.63) is 89.5 Å². The number of aryl methyl sites for hydroxylation is 1. The Bertz CT molecular complexity index is 1600. The predicted molar refractivity (Wildman–Crippen MR) is 182 cm³/mol. The van der Waals surface area contributed by atoms with Crippen molar-refractivity contribution < 1.29 is 32.6 Å². The number of hydrogen-bond acceptors (Lipinski definition) is 7. The van der Waals surface area contributed by atoms with Crippen LogP contribution in [-0.2, 0) is 14.8 Å². The van der Waals surface area contributed by atoms with Crippen LogP contribution in [0.5, 0.6) is 5.75 Å². The van der Waals surface area contributed by atoms with Gasteiger partial charge in [0.1, 0.15) is 5.75 Å². The van der Waals surface area contributed by atoms with E-state index in [2.05, 4.69) is 5.32 Å². The van der Waals surface area contributed by atoms with Crippen LogP contribution in [0.4, 0.5) is 5.69 Å². The second-order valence-corrected chi connectivity index (χ2v) is 14.5. The Hall–Kier alpha value is -3.77. The quantitative estimate of drug-likeness (QED) is 0.332. The molecule has 3 aromatic rings. The minimum absolute atomic E-state index is 0.0820. The molecule has 2 N–H and O–H groups in total. The van der Waals surface area contributed by atoms with Gasteiger partial charge in [-0.25, -0.2) is 8.42 Å². The largest absolute Gasteiger partial charge is 0.490 e. The number of fused-ring (bicyclic) bond motifs is 1. The van der Waals surface area contributed by atoms with Crippen molar-refractivity contribution in [3.8, 4) is 5.75 Å². The number of nitrogens with zero attached hydrogens (tertiary/aromatic N) is 2. The fraction of sp³-hybridized carbons (Fsp3) is 0.444. The third-order valence-corrected chi connectivity index (χ3v) is 10.3. The molecule has 0 saturated carbocycles. The lowest BCUT2D eigenvalue weighted by Gasteiger charge is -2.35. The third-order valence-electron chi connectivity index (χ3n) is 8.51. The van der Waals surface area contributed by atoms with Crippen LogP contribution >= 0.6 is 0 Å². The minimum atomic E-state index is -3.79. The van der Waals surface area contributed by atoms with Gasteiger partial charge < -0.3 is 24.8 Å². The Balaban J connectivity index is 1.65. The monoisotopic (exact) mass is 665 g/mol. The summed E-state index contributed by atoms with van der Waals surface area (Å²) in [6, 6.07) is 20.0. The number of benzene rings is 3. The van der Waals surface area contributed by atoms with Crippen LogP contribution in [0, 0.1) is 12.8 Å². The number of rotatable bonds is 8. The molecule has 4 rings (SSSR count). The zero-order valence-electron chi connectivity index (χ0n) is 27.9. The van der Waals surface area contributed by atoms with E-state index in [0.29, 0.717) is 30.0 Å². The van der Waals surface area contributed by atoms with E-state index in [9.17, 15) is 23.1 Å². The molecule has 0 bridgehead atoms. The van der Waals surface area contributed by atoms with Gasteiger partial charge in [0.2, 0.25) is 10.0 Å². The van der Waals surface area contributed by atoms with Crippen molar-refractivity contribution in [3.63, 3.8) is 0 Å². The Morgan fingerprint density at radius 3 is 2.45 bits per heavy atom. The molecule has 0 fully saturated rings. The number of nitrogens with one attached hydrogen (secondary N) is 1. The molecule has 10 nitrogen and oxygen atoms in total. The summed E-state index contributed by atoms with van der Waals surface area (Å²) in [4.78, 5) is 29.0. The van der Waals surface area contributed by atoms with Gasteiger partial charge in [0.15, 0.2) is 0 Å². The summed E-state index contributed by atoms with van der Waals surface area (Å²) >= 11 is 0. The molecule has 0 aliphatic carbocycles. The van der Waals surface area contributed by atoms with E-state index in [1.165, 1.54) is 11.4 Å². The van der Waals surface area contributed by atoms with Gasteiger partial charge in [-0.15, -0.1) is 0 Å². The number of aliphatic hydroxyl groups excluding tert-OH is 1. The molecule has 0 aromatic heterocycles. The highest BCUT2D eigenvalue weighted by Gasteiger charge is 2.32. The van der Waals surface area contributed by atoms with Crippen LogP contribution in [0.3, 0.4) is 0 Å². The van der Waals surface area contributed by atoms with Gasteiger partial charge in [0.25, 0.3) is 11.8 Å². The highest BCUT2D eigenvalue weighted by atomic mass is 32.2. The van der Waals surface area contributed by atoms with Crippen LogP contribution in [0.15, 0.2) is 77.7 Å². The maximum atomic E-state index is 14.3. The van der Waals surface area contributed by atoms with Gasteiger partial charge in [-0.3, -0.25) is 9.59 Å². The fourth-order valence-electron chi connectivity index (χ4n) is 5.50. The number of sulfonamides is 1. The summed E-state index contributed by atoms with van der Waals surface area (Å²) < 4.78 is 40.8. The van der Waals surface area contributed by atoms with Gasteiger partial charge in [-0.2, -0.15) is 4.31 Å². The van der Waals surface area contributed by atoms with Gasteiger partial charge in [0, 0.05) is 43.9 Å². The molecular weight excluding hydrogens is 618 g/mol. The molecule has 47 heavy (non-hydrogen) atoms. The molecule has 0 radical (unpaired) electrons. The van der Waals surface area contributed by atoms with Crippen molar-refractivity contribution in [1.82, 2.24) is 9.21 Å². The van der Waals surface area contributed by atoms with Crippen LogP contribution < -0.4 is 10.1 Å². The van der Waals surface area contributed by atoms with Crippen LogP contribution in [0.2, 0.25) is 0 Å². The van der Waals surface area contributed by atoms with Crippen LogP contribution in [0.1, 0.15) is 66.3 Å². The van der Waals surface area contributed by atoms with E-state index in [4.69, 9.17) is 9.47 Å². The molecule has 11 heteroatoms. The fourth-order valence-corrected chi connectivity index (χ4v) is 6.68. The summed E-state index contributed by atoms with van der Waals surface area (Å²) in [6.07, 6.45) is 1.52. The normalized spacial score (nSPS) is 20.5. The van der Waals surface area contributed by atoms with E-state index in [0.717, 1.165) is 18.4 Å². The lowest BCUT2D eigenvalue weighted by molar-refractivity contribution is -0.00834. The summed E-state index contributed by atoms with van der Waals surface area (Å²) in [5.41, 5.74) is 2.12. The van der Waals surface area contributed by atoms with Gasteiger partial charge >= 0.3 is 0 Å². The second-order valence-electron chi connectivity index (χ2n) is 12.4. The van der Waals surface area contributed by atoms with E-state index < -0.39 is 22.2 Å². The van der Waals surface area contributed by atoms with E-state index >= 15 is 0 Å². The average molecular weight is 666 g/mol. The van der Waals surface area contributed by atoms with Crippen LogP contribution in [-0.4, -0.2) is 86.1 Å². The molecule has 4 atom stereocenters. The molecule has 1 heterocycles. The topological polar surface area (TPSA) is 125 Å². The third kappa shape index (κ3) is 9.41. The van der Waals surface area contributed by atoms with E-state index in [1.54, 1.807) is 78.6 Å². The molecule has 0 saturated heterocycles. The Kier molecular flexibility index (Phi) is 12.6. The Morgan fingerprint density at radius 2 is 1.77 bits per heavy atom. The smallest absolute Gasteiger partial charge is 0.258 e. The van der Waals surface area contributed by atoms with Crippen molar-refractivity contribution >= 4 is 27.5 Å². The van der Waals surface area contributed by atoms with Gasteiger partial charge in [0.05, 0.1) is 35.3 Å². The first kappa shape index (κ1) is 36.1. The zero-order chi connectivity index (χ0) is 34.1. The number of amides is 2. The average Bonchev–Trinajstić information content (AvgIpc) is 3.06. The number of carbonyl (C=O) groups is 2. The first-order valence-corrected chi connectivity index (χ1v) is 17.6. The van der Waals surface area contributed by atoms with Crippen molar-refractivity contribution in [2.75, 3.05) is 38.7 Å². The molecule has 1 aliphatic heterocycles. The number of anilines is 1. The standard InChI is InChI=1S/C36H47N3O7S/c1-25-14-17-31(18-15-25)47(43,44)38(5)23-34-26(2)22-39(27(3)24-40)36(42)32-21-30(37-35(41)29-12-7-6-8-13-29)16-19-33(32)46-28(4)11-9-10-20-45-34/h6-8,12-19,21,26-28,34,40H,9-11,20,22-24H2,1-5H3,(H,37,41)/t26-,27-,28+,34+/m0/s1. The summed E-state index contributed by atoms with van der Waals surface area (Å²) in [5.74, 6) is -0.618. The molecule has 3 aromatic carbocycles. The van der Waals surface area contributed by atoms with E-state index in [1.807, 2.05) is 26.8 Å². The molecular formula is C36H47N3O7S. The lowest BCUT2D eigenvalue weighted by atomic mass is 10.0. The summed E-state index contributed by atoms with van der Waals surface area (Å²) in [5, 5.41) is 13.1.